The fourth-order valence-corrected chi connectivity index (χ4v) is 3.86. The van der Waals surface area contributed by atoms with Gasteiger partial charge in [0, 0.05) is 17.3 Å². The molecular weight excluding hydrogens is 452 g/mol. The Hall–Kier alpha value is -4.32. The molecule has 3 aromatic rings. The third-order valence-electron chi connectivity index (χ3n) is 4.46. The van der Waals surface area contributed by atoms with E-state index in [1.807, 2.05) is 0 Å². The molecule has 0 amide bonds. The minimum Gasteiger partial charge on any atom is -0.504 e. The first-order valence-electron chi connectivity index (χ1n) is 9.35. The molecule has 0 saturated carbocycles. The highest BCUT2D eigenvalue weighted by atomic mass is 32.2. The Morgan fingerprint density at radius 1 is 1.06 bits per heavy atom. The van der Waals surface area contributed by atoms with Crippen LogP contribution >= 0.6 is 0 Å². The number of sulfonamides is 1. The zero-order chi connectivity index (χ0) is 24.0. The lowest BCUT2D eigenvalue weighted by Crippen LogP contribution is -2.13. The van der Waals surface area contributed by atoms with Crippen LogP contribution in [0.3, 0.4) is 0 Å². The molecule has 172 valence electrons. The van der Waals surface area contributed by atoms with Gasteiger partial charge in [0.1, 0.15) is 11.4 Å². The highest BCUT2D eigenvalue weighted by Crippen LogP contribution is 2.30. The number of benzene rings is 3. The van der Waals surface area contributed by atoms with Crippen molar-refractivity contribution < 1.29 is 27.9 Å². The van der Waals surface area contributed by atoms with Gasteiger partial charge in [0.15, 0.2) is 11.5 Å². The van der Waals surface area contributed by atoms with E-state index in [0.29, 0.717) is 11.3 Å². The van der Waals surface area contributed by atoms with E-state index in [1.165, 1.54) is 44.7 Å². The summed E-state index contributed by atoms with van der Waals surface area (Å²) in [4.78, 5) is 10.5. The molecular formula is C21H20N4O7S. The molecule has 0 bridgehead atoms. The predicted molar refractivity (Wildman–Crippen MR) is 123 cm³/mol. The van der Waals surface area contributed by atoms with Crippen LogP contribution in [0.4, 0.5) is 17.1 Å². The van der Waals surface area contributed by atoms with Gasteiger partial charge in [0.2, 0.25) is 0 Å². The lowest BCUT2D eigenvalue weighted by atomic mass is 10.2. The zero-order valence-corrected chi connectivity index (χ0v) is 18.4. The third kappa shape index (κ3) is 5.49. The number of nitro benzene ring substituents is 1. The number of aromatic hydroxyl groups is 1. The Morgan fingerprint density at radius 3 is 2.42 bits per heavy atom. The Bertz CT molecular complexity index is 1290. The van der Waals surface area contributed by atoms with Gasteiger partial charge in [-0.25, -0.2) is 8.42 Å². The maximum absolute atomic E-state index is 12.7. The summed E-state index contributed by atoms with van der Waals surface area (Å²) in [5.74, 6) is 0.641. The lowest BCUT2D eigenvalue weighted by Gasteiger charge is -2.10. The number of methoxy groups -OCH3 is 2. The Morgan fingerprint density at radius 2 is 1.79 bits per heavy atom. The van der Waals surface area contributed by atoms with Crippen molar-refractivity contribution in [1.29, 1.82) is 0 Å². The van der Waals surface area contributed by atoms with Crippen molar-refractivity contribution in [2.45, 2.75) is 4.90 Å². The molecule has 0 atom stereocenters. The summed E-state index contributed by atoms with van der Waals surface area (Å²) in [6, 6.07) is 14.3. The van der Waals surface area contributed by atoms with E-state index in [1.54, 1.807) is 30.3 Å². The maximum atomic E-state index is 12.7. The van der Waals surface area contributed by atoms with E-state index in [-0.39, 0.29) is 27.8 Å². The SMILES string of the molecule is COc1ccc(NS(=O)(=O)c2ccc(N/N=C/c3cccc(OC)c3O)c([N+](=O)[O-])c2)cc1. The Balaban J connectivity index is 1.83. The van der Waals surface area contributed by atoms with Crippen molar-refractivity contribution in [2.24, 2.45) is 5.10 Å². The second-order valence-electron chi connectivity index (χ2n) is 6.54. The Labute approximate surface area is 189 Å². The van der Waals surface area contributed by atoms with Crippen LogP contribution in [0.25, 0.3) is 0 Å². The van der Waals surface area contributed by atoms with Gasteiger partial charge in [-0.05, 0) is 48.5 Å². The average Bonchev–Trinajstić information content (AvgIpc) is 2.80. The highest BCUT2D eigenvalue weighted by Gasteiger charge is 2.21. The van der Waals surface area contributed by atoms with E-state index in [2.05, 4.69) is 15.2 Å². The number of hydrogen-bond acceptors (Lipinski definition) is 9. The smallest absolute Gasteiger partial charge is 0.295 e. The fourth-order valence-electron chi connectivity index (χ4n) is 2.78. The minimum atomic E-state index is -4.09. The summed E-state index contributed by atoms with van der Waals surface area (Å²) in [5, 5.41) is 25.5. The summed E-state index contributed by atoms with van der Waals surface area (Å²) in [7, 11) is -1.21. The van der Waals surface area contributed by atoms with E-state index in [0.717, 1.165) is 6.07 Å². The standard InChI is InChI=1S/C21H20N4O7S/c1-31-16-8-6-15(7-9-16)24-33(29,30)17-10-11-18(19(12-17)25(27)28)23-22-13-14-4-3-5-20(32-2)21(14)26/h3-13,23-24,26H,1-2H3/b22-13+. The molecule has 0 heterocycles. The topological polar surface area (TPSA) is 152 Å². The van der Waals surface area contributed by atoms with Gasteiger partial charge < -0.3 is 14.6 Å². The van der Waals surface area contributed by atoms with Crippen LogP contribution in [0.5, 0.6) is 17.2 Å². The first kappa shape index (κ1) is 23.3. The maximum Gasteiger partial charge on any atom is 0.295 e. The molecule has 3 N–H and O–H groups in total. The van der Waals surface area contributed by atoms with Crippen LogP contribution < -0.4 is 19.6 Å². The number of hydrazone groups is 1. The van der Waals surface area contributed by atoms with Gasteiger partial charge in [-0.3, -0.25) is 20.3 Å². The molecule has 3 rings (SSSR count). The van der Waals surface area contributed by atoms with Gasteiger partial charge >= 0.3 is 0 Å². The minimum absolute atomic E-state index is 0.0398. The fraction of sp³-hybridized carbons (Fsp3) is 0.0952. The van der Waals surface area contributed by atoms with E-state index < -0.39 is 20.6 Å². The number of nitrogens with zero attached hydrogens (tertiary/aromatic N) is 2. The zero-order valence-electron chi connectivity index (χ0n) is 17.6. The molecule has 0 aliphatic rings. The number of anilines is 2. The van der Waals surface area contributed by atoms with Crippen molar-refractivity contribution in [1.82, 2.24) is 0 Å². The summed E-state index contributed by atoms with van der Waals surface area (Å²) in [5.41, 5.74) is 2.53. The van der Waals surface area contributed by atoms with Crippen LogP contribution in [0, 0.1) is 10.1 Å². The highest BCUT2D eigenvalue weighted by molar-refractivity contribution is 7.92. The first-order valence-corrected chi connectivity index (χ1v) is 10.8. The summed E-state index contributed by atoms with van der Waals surface area (Å²) >= 11 is 0. The van der Waals surface area contributed by atoms with Gasteiger partial charge in [-0.1, -0.05) is 6.07 Å². The molecule has 0 aromatic heterocycles. The number of ether oxygens (including phenoxy) is 2. The second kappa shape index (κ2) is 9.87. The van der Waals surface area contributed by atoms with Gasteiger partial charge in [0.25, 0.3) is 15.7 Å². The molecule has 12 heteroatoms. The van der Waals surface area contributed by atoms with E-state index in [4.69, 9.17) is 9.47 Å². The molecule has 0 aliphatic carbocycles. The lowest BCUT2D eigenvalue weighted by molar-refractivity contribution is -0.384. The largest absolute Gasteiger partial charge is 0.504 e. The normalized spacial score (nSPS) is 11.2. The van der Waals surface area contributed by atoms with Crippen molar-refractivity contribution in [3.8, 4) is 17.2 Å². The number of phenols is 1. The van der Waals surface area contributed by atoms with Crippen molar-refractivity contribution in [3.05, 3.63) is 76.3 Å². The molecule has 3 aromatic carbocycles. The molecule has 0 saturated heterocycles. The molecule has 33 heavy (non-hydrogen) atoms. The third-order valence-corrected chi connectivity index (χ3v) is 5.84. The number of para-hydroxylation sites is 1. The molecule has 0 fully saturated rings. The van der Waals surface area contributed by atoms with Crippen LogP contribution in [-0.2, 0) is 10.0 Å². The number of rotatable bonds is 9. The summed E-state index contributed by atoms with van der Waals surface area (Å²) < 4.78 is 37.8. The monoisotopic (exact) mass is 472 g/mol. The first-order chi connectivity index (χ1) is 15.7. The number of nitrogens with one attached hydrogen (secondary N) is 2. The van der Waals surface area contributed by atoms with Crippen LogP contribution in [-0.4, -0.2) is 38.9 Å². The predicted octanol–water partition coefficient (Wildman–Crippen LogP) is 3.56. The van der Waals surface area contributed by atoms with Gasteiger partial charge in [0.05, 0.1) is 30.3 Å². The average molecular weight is 472 g/mol. The second-order valence-corrected chi connectivity index (χ2v) is 8.22. The molecule has 0 unspecified atom stereocenters. The van der Waals surface area contributed by atoms with Crippen molar-refractivity contribution in [2.75, 3.05) is 24.4 Å². The molecule has 0 radical (unpaired) electrons. The molecule has 0 aliphatic heterocycles. The van der Waals surface area contributed by atoms with E-state index >= 15 is 0 Å². The van der Waals surface area contributed by atoms with E-state index in [9.17, 15) is 23.6 Å². The van der Waals surface area contributed by atoms with Crippen molar-refractivity contribution >= 4 is 33.3 Å². The van der Waals surface area contributed by atoms with Crippen LogP contribution in [0.15, 0.2) is 70.7 Å². The van der Waals surface area contributed by atoms with Crippen LogP contribution in [0.2, 0.25) is 0 Å². The molecule has 11 nitrogen and oxygen atoms in total. The number of phenolic OH excluding ortho intramolecular Hbond substituents is 1. The quantitative estimate of drug-likeness (QED) is 0.243. The summed E-state index contributed by atoms with van der Waals surface area (Å²) in [6.07, 6.45) is 1.25. The molecule has 0 spiro atoms. The van der Waals surface area contributed by atoms with Gasteiger partial charge in [-0.15, -0.1) is 0 Å². The van der Waals surface area contributed by atoms with Crippen LogP contribution in [0.1, 0.15) is 5.56 Å². The summed E-state index contributed by atoms with van der Waals surface area (Å²) in [6.45, 7) is 0. The number of hydrogen-bond donors (Lipinski definition) is 3. The Kier molecular flexibility index (Phi) is 6.98. The van der Waals surface area contributed by atoms with Crippen molar-refractivity contribution in [3.63, 3.8) is 0 Å². The van der Waals surface area contributed by atoms with Gasteiger partial charge in [-0.2, -0.15) is 5.10 Å². The number of nitro groups is 1.